The van der Waals surface area contributed by atoms with Crippen LogP contribution in [0.25, 0.3) is 10.9 Å². The minimum Gasteiger partial charge on any atom is -0.361 e. The summed E-state index contributed by atoms with van der Waals surface area (Å²) in [6, 6.07) is 5.22. The molecule has 1 aliphatic rings. The minimum atomic E-state index is -4.38. The van der Waals surface area contributed by atoms with Crippen molar-refractivity contribution in [1.29, 1.82) is 0 Å². The molecule has 0 bridgehead atoms. The van der Waals surface area contributed by atoms with E-state index in [0.29, 0.717) is 5.92 Å². The summed E-state index contributed by atoms with van der Waals surface area (Å²) >= 11 is 0. The normalized spacial score (nSPS) is 18.5. The lowest BCUT2D eigenvalue weighted by Gasteiger charge is -2.27. The van der Waals surface area contributed by atoms with E-state index in [9.17, 15) is 9.00 Å². The highest BCUT2D eigenvalue weighted by atomic mass is 36.0. The molecule has 1 heterocycles. The fraction of sp³-hybridized carbons (Fsp3) is 0.438. The molecule has 1 saturated carbocycles. The number of fused-ring (bicyclic) bond motifs is 1. The van der Waals surface area contributed by atoms with Gasteiger partial charge in [0.15, 0.2) is 0 Å². The second-order valence-electron chi connectivity index (χ2n) is 6.23. The van der Waals surface area contributed by atoms with Gasteiger partial charge in [-0.1, -0.05) is 25.3 Å². The highest BCUT2D eigenvalue weighted by Crippen LogP contribution is 2.38. The molecule has 1 aromatic carbocycles. The Morgan fingerprint density at radius 2 is 1.96 bits per heavy atom. The molecular weight excluding hydrogens is 357 g/mol. The largest absolute Gasteiger partial charge is 0.361 e. The van der Waals surface area contributed by atoms with Gasteiger partial charge in [-0.25, -0.2) is 4.79 Å². The standard InChI is InChI=1S/C16H19Cl2NO3S/c1-23(17,18,21)22-16(20)12-7-8-13-14(10-19-15(13)9-12)11-5-3-2-4-6-11/h7-11,19H,2-6H2,1H3. The molecule has 7 heteroatoms. The van der Waals surface area contributed by atoms with Gasteiger partial charge < -0.3 is 9.17 Å². The maximum atomic E-state index is 12.0. The van der Waals surface area contributed by atoms with Crippen molar-refractivity contribution in [3.8, 4) is 0 Å². The Morgan fingerprint density at radius 3 is 2.61 bits per heavy atom. The zero-order valence-corrected chi connectivity index (χ0v) is 15.1. The molecule has 0 atom stereocenters. The van der Waals surface area contributed by atoms with Gasteiger partial charge in [-0.05, 0) is 44.2 Å². The maximum absolute atomic E-state index is 12.0. The van der Waals surface area contributed by atoms with E-state index in [1.165, 1.54) is 37.7 Å². The van der Waals surface area contributed by atoms with Gasteiger partial charge in [0, 0.05) is 38.5 Å². The summed E-state index contributed by atoms with van der Waals surface area (Å²) in [5.41, 5.74) is 2.41. The molecule has 1 fully saturated rings. The van der Waals surface area contributed by atoms with E-state index in [1.54, 1.807) is 12.1 Å². The summed E-state index contributed by atoms with van der Waals surface area (Å²) in [6.07, 6.45) is 9.25. The Labute approximate surface area is 144 Å². The number of hydrogen-bond donors (Lipinski definition) is 1. The zero-order chi connectivity index (χ0) is 16.7. The number of aromatic amines is 1. The summed E-state index contributed by atoms with van der Waals surface area (Å²) in [4.78, 5) is 15.2. The predicted molar refractivity (Wildman–Crippen MR) is 95.3 cm³/mol. The van der Waals surface area contributed by atoms with Crippen molar-refractivity contribution in [3.05, 3.63) is 35.5 Å². The van der Waals surface area contributed by atoms with Gasteiger partial charge in [0.2, 0.25) is 0 Å². The van der Waals surface area contributed by atoms with Crippen molar-refractivity contribution < 1.29 is 13.2 Å². The summed E-state index contributed by atoms with van der Waals surface area (Å²) in [6.45, 7) is 0. The van der Waals surface area contributed by atoms with Crippen LogP contribution >= 0.6 is 21.4 Å². The van der Waals surface area contributed by atoms with E-state index in [1.807, 2.05) is 12.3 Å². The van der Waals surface area contributed by atoms with Crippen LogP contribution in [-0.2, 0) is 12.0 Å². The zero-order valence-electron chi connectivity index (χ0n) is 12.8. The van der Waals surface area contributed by atoms with Crippen LogP contribution in [0.5, 0.6) is 0 Å². The lowest BCUT2D eigenvalue weighted by Crippen LogP contribution is -2.22. The average molecular weight is 376 g/mol. The van der Waals surface area contributed by atoms with Crippen molar-refractivity contribution in [2.45, 2.75) is 38.0 Å². The highest BCUT2D eigenvalue weighted by Gasteiger charge is 2.25. The Kier molecular flexibility index (Phi) is 4.23. The lowest BCUT2D eigenvalue weighted by molar-refractivity contribution is 0.0754. The van der Waals surface area contributed by atoms with Gasteiger partial charge in [0.05, 0.1) is 11.8 Å². The van der Waals surface area contributed by atoms with Crippen LogP contribution in [0.1, 0.15) is 53.9 Å². The number of carbonyl (C=O) groups is 1. The lowest BCUT2D eigenvalue weighted by atomic mass is 9.84. The molecule has 0 amide bonds. The molecule has 1 aliphatic carbocycles. The SMILES string of the molecule is CS(=O)(Cl)(Cl)OC(=O)c1ccc2c(C3CCCCC3)c[nH]c2c1. The third kappa shape index (κ3) is 4.08. The third-order valence-electron chi connectivity index (χ3n) is 4.25. The predicted octanol–water partition coefficient (Wildman–Crippen LogP) is 5.04. The van der Waals surface area contributed by atoms with Gasteiger partial charge in [0.25, 0.3) is 0 Å². The van der Waals surface area contributed by atoms with E-state index in [4.69, 9.17) is 25.5 Å². The highest BCUT2D eigenvalue weighted by molar-refractivity contribution is 8.50. The number of H-pyrrole nitrogens is 1. The number of carbonyl (C=O) groups excluding carboxylic acids is 1. The van der Waals surface area contributed by atoms with E-state index in [2.05, 4.69) is 4.98 Å². The quantitative estimate of drug-likeness (QED) is 0.763. The Morgan fingerprint density at radius 1 is 1.26 bits per heavy atom. The van der Waals surface area contributed by atoms with E-state index in [0.717, 1.165) is 17.2 Å². The van der Waals surface area contributed by atoms with Crippen molar-refractivity contribution >= 4 is 46.0 Å². The molecule has 1 aromatic heterocycles. The Hall–Kier alpha value is -1.04. The molecule has 0 radical (unpaired) electrons. The minimum absolute atomic E-state index is 0.261. The second-order valence-corrected chi connectivity index (χ2v) is 13.2. The van der Waals surface area contributed by atoms with Crippen LogP contribution in [-0.4, -0.2) is 21.4 Å². The Bertz CT molecular complexity index is 807. The van der Waals surface area contributed by atoms with Crippen LogP contribution in [0.2, 0.25) is 0 Å². The molecule has 0 spiro atoms. The first-order valence-electron chi connectivity index (χ1n) is 7.63. The maximum Gasteiger partial charge on any atom is 0.361 e. The first-order chi connectivity index (χ1) is 10.7. The van der Waals surface area contributed by atoms with E-state index < -0.39 is 13.7 Å². The summed E-state index contributed by atoms with van der Waals surface area (Å²) < 4.78 is 16.4. The number of nitrogens with one attached hydrogen (secondary N) is 1. The number of aromatic nitrogens is 1. The molecule has 0 saturated heterocycles. The monoisotopic (exact) mass is 375 g/mol. The van der Waals surface area contributed by atoms with Crippen molar-refractivity contribution in [1.82, 2.24) is 4.98 Å². The molecule has 126 valence electrons. The van der Waals surface area contributed by atoms with Crippen LogP contribution in [0, 0.1) is 0 Å². The van der Waals surface area contributed by atoms with Crippen LogP contribution in [0.4, 0.5) is 0 Å². The topological polar surface area (TPSA) is 59.2 Å². The first-order valence-corrected chi connectivity index (χ1v) is 11.6. The smallest absolute Gasteiger partial charge is 0.361 e. The van der Waals surface area contributed by atoms with Gasteiger partial charge >= 0.3 is 5.97 Å². The molecule has 0 aliphatic heterocycles. The number of rotatable bonds is 3. The average Bonchev–Trinajstić information content (AvgIpc) is 2.88. The van der Waals surface area contributed by atoms with E-state index >= 15 is 0 Å². The third-order valence-corrected chi connectivity index (χ3v) is 5.14. The molecule has 3 rings (SSSR count). The van der Waals surface area contributed by atoms with Crippen LogP contribution in [0.15, 0.2) is 24.4 Å². The summed E-state index contributed by atoms with van der Waals surface area (Å²) in [5, 5.41) is 1.11. The van der Waals surface area contributed by atoms with Gasteiger partial charge in [0.1, 0.15) is 0 Å². The molecular formula is C16H19Cl2NO3S. The summed E-state index contributed by atoms with van der Waals surface area (Å²) in [7, 11) is 6.67. The van der Waals surface area contributed by atoms with Crippen molar-refractivity contribution in [2.24, 2.45) is 0 Å². The fourth-order valence-corrected chi connectivity index (χ4v) is 4.01. The number of hydrogen-bond acceptors (Lipinski definition) is 3. The summed E-state index contributed by atoms with van der Waals surface area (Å²) in [5.74, 6) is -0.231. The van der Waals surface area contributed by atoms with E-state index in [-0.39, 0.29) is 5.56 Å². The first kappa shape index (κ1) is 16.8. The van der Waals surface area contributed by atoms with Crippen LogP contribution in [0.3, 0.4) is 0 Å². The van der Waals surface area contributed by atoms with Crippen molar-refractivity contribution in [3.63, 3.8) is 0 Å². The second kappa shape index (κ2) is 5.80. The Balaban J connectivity index is 1.89. The number of halogens is 2. The van der Waals surface area contributed by atoms with Gasteiger partial charge in [-0.2, -0.15) is 4.21 Å². The molecule has 4 nitrogen and oxygen atoms in total. The molecule has 2 aromatic rings. The van der Waals surface area contributed by atoms with Gasteiger partial charge in [-0.3, -0.25) is 0 Å². The van der Waals surface area contributed by atoms with Crippen molar-refractivity contribution in [2.75, 3.05) is 6.26 Å². The fourth-order valence-electron chi connectivity index (χ4n) is 3.24. The van der Waals surface area contributed by atoms with Crippen LogP contribution < -0.4 is 0 Å². The number of benzene rings is 1. The molecule has 23 heavy (non-hydrogen) atoms. The van der Waals surface area contributed by atoms with Gasteiger partial charge in [-0.15, -0.1) is 0 Å². The molecule has 0 unspecified atom stereocenters. The molecule has 1 N–H and O–H groups in total.